The molecule has 3 nitrogen and oxygen atoms in total. The minimum Gasteiger partial charge on any atom is -0.347 e. The van der Waals surface area contributed by atoms with E-state index in [-0.39, 0.29) is 0 Å². The Balaban J connectivity index is 2.11. The molecule has 0 radical (unpaired) electrons. The van der Waals surface area contributed by atoms with Gasteiger partial charge in [-0.25, -0.2) is 0 Å². The monoisotopic (exact) mass is 234 g/mol. The number of aromatic nitrogens is 1. The van der Waals surface area contributed by atoms with Crippen LogP contribution in [0.1, 0.15) is 41.5 Å². The van der Waals surface area contributed by atoms with Crippen LogP contribution in [-0.4, -0.2) is 34.9 Å². The number of hydrogen-bond donors (Lipinski definition) is 0. The zero-order valence-electron chi connectivity index (χ0n) is 11.2. The zero-order valence-corrected chi connectivity index (χ0v) is 11.2. The Kier molecular flexibility index (Phi) is 3.38. The van der Waals surface area contributed by atoms with E-state index in [1.165, 1.54) is 18.5 Å². The van der Waals surface area contributed by atoms with Gasteiger partial charge in [0.2, 0.25) is 0 Å². The molecule has 0 aromatic carbocycles. The van der Waals surface area contributed by atoms with Crippen LogP contribution in [0.3, 0.4) is 0 Å². The third kappa shape index (κ3) is 2.44. The second-order valence-corrected chi connectivity index (χ2v) is 5.30. The molecule has 1 heterocycles. The van der Waals surface area contributed by atoms with Crippen molar-refractivity contribution in [2.75, 3.05) is 7.05 Å². The van der Waals surface area contributed by atoms with Gasteiger partial charge in [-0.05, 0) is 46.7 Å². The number of likely N-dealkylation sites (N-methyl/N-ethyl adjacent to an activating group) is 1. The standard InChI is InChI=1S/C14H22N2O/c1-10-7-13(9-17)12(3)16(10)8-11(2)15(4)14-5-6-14/h7,9,11,14H,5-6,8H2,1-4H3. The molecule has 1 atom stereocenters. The highest BCUT2D eigenvalue weighted by molar-refractivity contribution is 5.77. The number of rotatable bonds is 5. The van der Waals surface area contributed by atoms with Crippen LogP contribution < -0.4 is 0 Å². The number of hydrogen-bond acceptors (Lipinski definition) is 2. The van der Waals surface area contributed by atoms with E-state index in [1.54, 1.807) is 0 Å². The van der Waals surface area contributed by atoms with Crippen LogP contribution in [0.2, 0.25) is 0 Å². The Bertz CT molecular complexity index is 418. The summed E-state index contributed by atoms with van der Waals surface area (Å²) in [6, 6.07) is 3.28. The van der Waals surface area contributed by atoms with Gasteiger partial charge in [-0.1, -0.05) is 0 Å². The third-order valence-corrected chi connectivity index (χ3v) is 4.00. The summed E-state index contributed by atoms with van der Waals surface area (Å²) >= 11 is 0. The highest BCUT2D eigenvalue weighted by Gasteiger charge is 2.29. The van der Waals surface area contributed by atoms with Gasteiger partial charge in [-0.3, -0.25) is 9.69 Å². The minimum absolute atomic E-state index is 0.520. The van der Waals surface area contributed by atoms with Crippen molar-refractivity contribution in [3.63, 3.8) is 0 Å². The molecule has 0 spiro atoms. The Labute approximate surface area is 103 Å². The van der Waals surface area contributed by atoms with Gasteiger partial charge < -0.3 is 4.57 Å². The summed E-state index contributed by atoms with van der Waals surface area (Å²) in [5.74, 6) is 0. The van der Waals surface area contributed by atoms with Gasteiger partial charge in [0.15, 0.2) is 6.29 Å². The van der Waals surface area contributed by atoms with Gasteiger partial charge in [-0.2, -0.15) is 0 Å². The van der Waals surface area contributed by atoms with E-state index >= 15 is 0 Å². The first-order chi connectivity index (χ1) is 8.04. The first kappa shape index (κ1) is 12.4. The van der Waals surface area contributed by atoms with Crippen LogP contribution in [0.25, 0.3) is 0 Å². The maximum atomic E-state index is 10.9. The van der Waals surface area contributed by atoms with Crippen molar-refractivity contribution < 1.29 is 4.79 Å². The molecule has 0 aliphatic heterocycles. The molecule has 3 heteroatoms. The molecule has 0 amide bonds. The Hall–Kier alpha value is -1.09. The Morgan fingerprint density at radius 2 is 2.18 bits per heavy atom. The fraction of sp³-hybridized carbons (Fsp3) is 0.643. The number of nitrogens with zero attached hydrogens (tertiary/aromatic N) is 2. The summed E-state index contributed by atoms with van der Waals surface area (Å²) in [7, 11) is 2.21. The van der Waals surface area contributed by atoms with Gasteiger partial charge in [0.25, 0.3) is 0 Å². The first-order valence-electron chi connectivity index (χ1n) is 6.38. The topological polar surface area (TPSA) is 25.2 Å². The van der Waals surface area contributed by atoms with E-state index < -0.39 is 0 Å². The number of carbonyl (C=O) groups excluding carboxylic acids is 1. The van der Waals surface area contributed by atoms with E-state index in [9.17, 15) is 4.79 Å². The fourth-order valence-electron chi connectivity index (χ4n) is 2.46. The quantitative estimate of drug-likeness (QED) is 0.731. The summed E-state index contributed by atoms with van der Waals surface area (Å²) in [5.41, 5.74) is 3.10. The number of carbonyl (C=O) groups is 1. The molecule has 1 unspecified atom stereocenters. The van der Waals surface area contributed by atoms with Gasteiger partial charge in [0, 0.05) is 35.6 Å². The maximum absolute atomic E-state index is 10.9. The van der Waals surface area contributed by atoms with E-state index in [4.69, 9.17) is 0 Å². The lowest BCUT2D eigenvalue weighted by molar-refractivity contribution is 0.112. The van der Waals surface area contributed by atoms with Gasteiger partial charge in [0.1, 0.15) is 0 Å². The summed E-state index contributed by atoms with van der Waals surface area (Å²) in [6.45, 7) is 7.33. The molecule has 0 N–H and O–H groups in total. The van der Waals surface area contributed by atoms with Crippen molar-refractivity contribution in [2.45, 2.75) is 52.2 Å². The van der Waals surface area contributed by atoms with Crippen LogP contribution >= 0.6 is 0 Å². The van der Waals surface area contributed by atoms with Crippen LogP contribution in [-0.2, 0) is 6.54 Å². The summed E-state index contributed by atoms with van der Waals surface area (Å²) < 4.78 is 2.26. The van der Waals surface area contributed by atoms with Crippen molar-refractivity contribution >= 4 is 6.29 Å². The molecule has 94 valence electrons. The number of aldehydes is 1. The van der Waals surface area contributed by atoms with Gasteiger partial charge in [0.05, 0.1) is 0 Å². The number of aryl methyl sites for hydroxylation is 1. The molecule has 1 aliphatic carbocycles. The molecular formula is C14H22N2O. The van der Waals surface area contributed by atoms with Crippen molar-refractivity contribution in [3.8, 4) is 0 Å². The highest BCUT2D eigenvalue weighted by Crippen LogP contribution is 2.27. The molecule has 1 saturated carbocycles. The smallest absolute Gasteiger partial charge is 0.151 e. The second kappa shape index (κ2) is 4.65. The molecule has 1 aromatic rings. The van der Waals surface area contributed by atoms with Crippen molar-refractivity contribution in [3.05, 3.63) is 23.0 Å². The predicted octanol–water partition coefficient (Wildman–Crippen LogP) is 2.40. The average Bonchev–Trinajstić information content (AvgIpc) is 3.10. The van der Waals surface area contributed by atoms with Crippen LogP contribution in [0.4, 0.5) is 0 Å². The molecule has 1 fully saturated rings. The molecular weight excluding hydrogens is 212 g/mol. The second-order valence-electron chi connectivity index (χ2n) is 5.30. The van der Waals surface area contributed by atoms with Gasteiger partial charge in [-0.15, -0.1) is 0 Å². The highest BCUT2D eigenvalue weighted by atomic mass is 16.1. The molecule has 0 bridgehead atoms. The van der Waals surface area contributed by atoms with Crippen LogP contribution in [0.5, 0.6) is 0 Å². The fourth-order valence-corrected chi connectivity index (χ4v) is 2.46. The molecule has 1 aliphatic rings. The largest absolute Gasteiger partial charge is 0.347 e. The predicted molar refractivity (Wildman–Crippen MR) is 69.5 cm³/mol. The van der Waals surface area contributed by atoms with Crippen molar-refractivity contribution in [1.29, 1.82) is 0 Å². The van der Waals surface area contributed by atoms with Crippen LogP contribution in [0, 0.1) is 13.8 Å². The van der Waals surface area contributed by atoms with Crippen molar-refractivity contribution in [2.24, 2.45) is 0 Å². The van der Waals surface area contributed by atoms with E-state index in [1.807, 2.05) is 13.0 Å². The molecule has 17 heavy (non-hydrogen) atoms. The molecule has 0 saturated heterocycles. The summed E-state index contributed by atoms with van der Waals surface area (Å²) in [5, 5.41) is 0. The summed E-state index contributed by atoms with van der Waals surface area (Å²) in [4.78, 5) is 13.4. The average molecular weight is 234 g/mol. The maximum Gasteiger partial charge on any atom is 0.151 e. The molecule has 2 rings (SSSR count). The first-order valence-corrected chi connectivity index (χ1v) is 6.38. The third-order valence-electron chi connectivity index (χ3n) is 4.00. The van der Waals surface area contributed by atoms with Crippen LogP contribution in [0.15, 0.2) is 6.07 Å². The lowest BCUT2D eigenvalue weighted by Crippen LogP contribution is -2.34. The normalized spacial score (nSPS) is 17.5. The Morgan fingerprint density at radius 1 is 1.53 bits per heavy atom. The summed E-state index contributed by atoms with van der Waals surface area (Å²) in [6.07, 6.45) is 3.63. The minimum atomic E-state index is 0.520. The van der Waals surface area contributed by atoms with Gasteiger partial charge >= 0.3 is 0 Å². The van der Waals surface area contributed by atoms with E-state index in [0.717, 1.165) is 30.1 Å². The molecule has 1 aromatic heterocycles. The lowest BCUT2D eigenvalue weighted by atomic mass is 10.2. The van der Waals surface area contributed by atoms with E-state index in [0.29, 0.717) is 6.04 Å². The van der Waals surface area contributed by atoms with Crippen molar-refractivity contribution in [1.82, 2.24) is 9.47 Å². The SMILES string of the molecule is Cc1cc(C=O)c(C)n1CC(C)N(C)C1CC1. The zero-order chi connectivity index (χ0) is 12.6. The van der Waals surface area contributed by atoms with E-state index in [2.05, 4.69) is 30.4 Å². The lowest BCUT2D eigenvalue weighted by Gasteiger charge is -2.26. The Morgan fingerprint density at radius 3 is 2.65 bits per heavy atom.